The zero-order chi connectivity index (χ0) is 36.3. The number of hydrogen-bond donors (Lipinski definition) is 0. The predicted molar refractivity (Wildman–Crippen MR) is 220 cm³/mol. The molecule has 1 unspecified atom stereocenters. The van der Waals surface area contributed by atoms with Gasteiger partial charge < -0.3 is 9.97 Å². The van der Waals surface area contributed by atoms with Gasteiger partial charge in [-0.3, -0.25) is 0 Å². The van der Waals surface area contributed by atoms with E-state index in [2.05, 4.69) is 131 Å². The summed E-state index contributed by atoms with van der Waals surface area (Å²) in [5, 5.41) is 3.91. The van der Waals surface area contributed by atoms with Crippen molar-refractivity contribution in [2.75, 3.05) is 0 Å². The van der Waals surface area contributed by atoms with Crippen molar-refractivity contribution >= 4 is 44.8 Å². The number of fused-ring (bicyclic) bond motifs is 3. The standard InChI is InChI=1S/C28H23FNS.C18H24NSi.Ir/c1-17(2)18(3)19-12-13-30-26(15-19)25-9-5-8-24-23-11-10-21(16-27(23)31-28(24)25)20-6-4-7-22(29)14-20;1-14(2)11-16-12-17(15-9-7-6-8-10-15)19-13-18(16)20(3,4)5;/h4-8,10-18H,1-3H3;6-9,12-14H,11H2,1-5H3;/q2*-1;. The molecule has 0 N–H and O–H groups in total. The normalized spacial score (nSPS) is 12.1. The molecule has 4 aromatic carbocycles. The van der Waals surface area contributed by atoms with Gasteiger partial charge in [0.15, 0.2) is 0 Å². The van der Waals surface area contributed by atoms with E-state index < -0.39 is 8.07 Å². The molecule has 3 heterocycles. The van der Waals surface area contributed by atoms with Crippen molar-refractivity contribution < 1.29 is 24.5 Å². The molecule has 52 heavy (non-hydrogen) atoms. The van der Waals surface area contributed by atoms with E-state index in [1.165, 1.54) is 42.6 Å². The minimum absolute atomic E-state index is 0. The maximum atomic E-state index is 13.7. The van der Waals surface area contributed by atoms with Gasteiger partial charge in [-0.15, -0.1) is 59.7 Å². The van der Waals surface area contributed by atoms with Crippen LogP contribution < -0.4 is 5.19 Å². The Labute approximate surface area is 328 Å². The Balaban J connectivity index is 0.000000217. The Bertz CT molecular complexity index is 2270. The third-order valence-corrected chi connectivity index (χ3v) is 12.8. The molecule has 6 heteroatoms. The van der Waals surface area contributed by atoms with Crippen LogP contribution in [-0.4, -0.2) is 18.0 Å². The average molecular weight is 899 g/mol. The third kappa shape index (κ3) is 9.04. The Kier molecular flexibility index (Phi) is 12.8. The summed E-state index contributed by atoms with van der Waals surface area (Å²) in [6.07, 6.45) is 5.15. The predicted octanol–water partition coefficient (Wildman–Crippen LogP) is 12.8. The number of aromatic nitrogens is 2. The van der Waals surface area contributed by atoms with Crippen LogP contribution in [0.2, 0.25) is 19.6 Å². The number of halogens is 1. The maximum Gasteiger partial charge on any atom is 0.123 e. The zero-order valence-corrected chi connectivity index (χ0v) is 35.6. The average Bonchev–Trinajstić information content (AvgIpc) is 3.49. The first-order valence-electron chi connectivity index (χ1n) is 17.9. The monoisotopic (exact) mass is 899 g/mol. The number of pyridine rings is 2. The molecule has 0 spiro atoms. The van der Waals surface area contributed by atoms with E-state index in [0.29, 0.717) is 17.8 Å². The quantitative estimate of drug-likeness (QED) is 0.112. The molecule has 7 aromatic rings. The van der Waals surface area contributed by atoms with Gasteiger partial charge in [0, 0.05) is 37.2 Å². The number of hydrogen-bond acceptors (Lipinski definition) is 3. The summed E-state index contributed by atoms with van der Waals surface area (Å²) in [4.78, 5) is 9.37. The first kappa shape index (κ1) is 39.4. The van der Waals surface area contributed by atoms with Crippen molar-refractivity contribution in [3.8, 4) is 33.6 Å². The van der Waals surface area contributed by atoms with Crippen LogP contribution in [0, 0.1) is 29.8 Å². The molecule has 0 fully saturated rings. The smallest absolute Gasteiger partial charge is 0.123 e. The number of benzene rings is 4. The van der Waals surface area contributed by atoms with Crippen LogP contribution >= 0.6 is 11.3 Å². The van der Waals surface area contributed by atoms with Crippen LogP contribution in [0.5, 0.6) is 0 Å². The summed E-state index contributed by atoms with van der Waals surface area (Å²) in [5.74, 6) is 1.49. The van der Waals surface area contributed by atoms with Crippen LogP contribution in [0.25, 0.3) is 53.8 Å². The fourth-order valence-corrected chi connectivity index (χ4v) is 9.35. The van der Waals surface area contributed by atoms with Crippen LogP contribution in [0.4, 0.5) is 4.39 Å². The van der Waals surface area contributed by atoms with E-state index in [0.717, 1.165) is 40.1 Å². The second-order valence-electron chi connectivity index (χ2n) is 15.3. The molecule has 0 saturated heterocycles. The molecule has 269 valence electrons. The van der Waals surface area contributed by atoms with Crippen molar-refractivity contribution in [2.24, 2.45) is 11.8 Å². The summed E-state index contributed by atoms with van der Waals surface area (Å²) in [7, 11) is -1.34. The largest absolute Gasteiger partial charge is 0.305 e. The van der Waals surface area contributed by atoms with E-state index in [9.17, 15) is 4.39 Å². The van der Waals surface area contributed by atoms with E-state index in [4.69, 9.17) is 0 Å². The molecular weight excluding hydrogens is 852 g/mol. The fraction of sp³-hybridized carbons (Fsp3) is 0.261. The Morgan fingerprint density at radius 1 is 0.750 bits per heavy atom. The molecule has 0 aliphatic heterocycles. The first-order valence-corrected chi connectivity index (χ1v) is 22.3. The van der Waals surface area contributed by atoms with Crippen molar-refractivity contribution in [1.29, 1.82) is 0 Å². The second kappa shape index (κ2) is 16.9. The summed E-state index contributed by atoms with van der Waals surface area (Å²) in [6.45, 7) is 18.5. The molecule has 3 aromatic heterocycles. The molecule has 0 amide bonds. The summed E-state index contributed by atoms with van der Waals surface area (Å²) in [5.41, 5.74) is 8.83. The fourth-order valence-electron chi connectivity index (χ4n) is 6.51. The molecule has 0 bridgehead atoms. The van der Waals surface area contributed by atoms with Crippen LogP contribution in [0.15, 0.2) is 109 Å². The minimum atomic E-state index is -1.34. The van der Waals surface area contributed by atoms with Gasteiger partial charge in [0.2, 0.25) is 0 Å². The molecule has 1 radical (unpaired) electrons. The summed E-state index contributed by atoms with van der Waals surface area (Å²) >= 11 is 1.75. The molecule has 2 nitrogen and oxygen atoms in total. The van der Waals surface area contributed by atoms with Crippen molar-refractivity contribution in [2.45, 2.75) is 66.6 Å². The van der Waals surface area contributed by atoms with Gasteiger partial charge >= 0.3 is 0 Å². The van der Waals surface area contributed by atoms with Gasteiger partial charge in [-0.2, -0.15) is 11.3 Å². The SMILES string of the molecule is CC(C)C(C)c1ccnc(-c2[c-]ccc3c2sc2cc(-c4cccc(F)c4)ccc23)c1.CC(C)Cc1cc(-c2[c-]cccc2)ncc1[Si](C)(C)C.[Ir]. The van der Waals surface area contributed by atoms with Crippen LogP contribution in [0.1, 0.15) is 51.7 Å². The van der Waals surface area contributed by atoms with E-state index in [1.807, 2.05) is 36.5 Å². The molecular formula is C46H47FIrN2SSi-2. The van der Waals surface area contributed by atoms with Gasteiger partial charge in [0.05, 0.1) is 8.07 Å². The molecule has 0 saturated carbocycles. The zero-order valence-electron chi connectivity index (χ0n) is 31.3. The summed E-state index contributed by atoms with van der Waals surface area (Å²) in [6, 6.07) is 38.6. The van der Waals surface area contributed by atoms with Gasteiger partial charge in [0.25, 0.3) is 0 Å². The molecule has 7 rings (SSSR count). The van der Waals surface area contributed by atoms with Crippen molar-refractivity contribution in [3.63, 3.8) is 0 Å². The van der Waals surface area contributed by atoms with Crippen molar-refractivity contribution in [3.05, 3.63) is 139 Å². The van der Waals surface area contributed by atoms with E-state index in [-0.39, 0.29) is 25.9 Å². The number of thiophene rings is 1. The molecule has 1 atom stereocenters. The van der Waals surface area contributed by atoms with Gasteiger partial charge in [-0.25, -0.2) is 4.39 Å². The minimum Gasteiger partial charge on any atom is -0.305 e. The van der Waals surface area contributed by atoms with E-state index in [1.54, 1.807) is 23.5 Å². The molecule has 0 aliphatic carbocycles. The molecule has 0 aliphatic rings. The van der Waals surface area contributed by atoms with Gasteiger partial charge in [0.1, 0.15) is 5.82 Å². The van der Waals surface area contributed by atoms with Crippen LogP contribution in [-0.2, 0) is 26.5 Å². The van der Waals surface area contributed by atoms with E-state index >= 15 is 0 Å². The maximum absolute atomic E-state index is 13.7. The first-order chi connectivity index (χ1) is 24.4. The number of nitrogens with zero attached hydrogens (tertiary/aromatic N) is 2. The number of rotatable bonds is 8. The third-order valence-electron chi connectivity index (χ3n) is 9.57. The van der Waals surface area contributed by atoms with Gasteiger partial charge in [-0.05, 0) is 86.2 Å². The van der Waals surface area contributed by atoms with Gasteiger partial charge in [-0.1, -0.05) is 107 Å². The summed E-state index contributed by atoms with van der Waals surface area (Å²) < 4.78 is 16.1. The Morgan fingerprint density at radius 2 is 1.54 bits per heavy atom. The van der Waals surface area contributed by atoms with Crippen molar-refractivity contribution in [1.82, 2.24) is 9.97 Å². The Morgan fingerprint density at radius 3 is 2.23 bits per heavy atom. The van der Waals surface area contributed by atoms with Crippen LogP contribution in [0.3, 0.4) is 0 Å². The topological polar surface area (TPSA) is 25.8 Å². The second-order valence-corrected chi connectivity index (χ2v) is 21.4. The Hall–Kier alpha value is -3.80.